The molecule has 0 aromatic rings. The summed E-state index contributed by atoms with van der Waals surface area (Å²) >= 11 is 0. The third kappa shape index (κ3) is 2.18. The minimum Gasteiger partial charge on any atom is -0.396 e. The van der Waals surface area contributed by atoms with Gasteiger partial charge in [0.05, 0.1) is 19.3 Å². The summed E-state index contributed by atoms with van der Waals surface area (Å²) in [7, 11) is 0. The summed E-state index contributed by atoms with van der Waals surface area (Å²) in [4.78, 5) is 0. The fourth-order valence-electron chi connectivity index (χ4n) is 5.56. The molecule has 4 heteroatoms. The first-order chi connectivity index (χ1) is 9.98. The Bertz CT molecular complexity index is 379. The molecule has 4 nitrogen and oxygen atoms in total. The Labute approximate surface area is 127 Å². The summed E-state index contributed by atoms with van der Waals surface area (Å²) < 4.78 is 12.3. The van der Waals surface area contributed by atoms with Gasteiger partial charge in [-0.2, -0.15) is 0 Å². The van der Waals surface area contributed by atoms with E-state index in [1.165, 1.54) is 0 Å². The monoisotopic (exact) mass is 298 g/mol. The van der Waals surface area contributed by atoms with Crippen LogP contribution in [0.5, 0.6) is 0 Å². The number of fused-ring (bicyclic) bond motifs is 2. The highest BCUT2D eigenvalue weighted by Crippen LogP contribution is 2.64. The van der Waals surface area contributed by atoms with Crippen LogP contribution >= 0.6 is 0 Å². The normalized spacial score (nSPS) is 45.7. The molecule has 0 radical (unpaired) electrons. The van der Waals surface area contributed by atoms with Gasteiger partial charge in [0.1, 0.15) is 0 Å². The van der Waals surface area contributed by atoms with Crippen molar-refractivity contribution in [2.75, 3.05) is 19.8 Å². The Hall–Kier alpha value is -0.160. The molecular formula is C17H30O4. The maximum atomic E-state index is 10.7. The summed E-state index contributed by atoms with van der Waals surface area (Å²) in [5, 5.41) is 19.9. The minimum atomic E-state index is -0.434. The number of ether oxygens (including phenoxy) is 2. The highest BCUT2D eigenvalue weighted by atomic mass is 16.7. The standard InChI is InChI=1S/C17H30O4/c1-15(7-4-10-18)13-5-3-8-17(20-11-12-21-17)16(13,2)9-6-14(15)19/h13-14,18-19H,3-12H2,1-2H3/t13-,14+,15-,16-/m0/s1. The molecule has 2 aliphatic carbocycles. The van der Waals surface area contributed by atoms with Crippen LogP contribution in [0, 0.1) is 16.7 Å². The SMILES string of the molecule is C[C@@]1(CCCO)[C@H](O)CC[C@@]2(C)[C@H]1CCCC21OCCO1. The fraction of sp³-hybridized carbons (Fsp3) is 1.00. The van der Waals surface area contributed by atoms with Crippen molar-refractivity contribution < 1.29 is 19.7 Å². The molecule has 1 heterocycles. The van der Waals surface area contributed by atoms with Crippen molar-refractivity contribution in [1.29, 1.82) is 0 Å². The van der Waals surface area contributed by atoms with E-state index in [0.29, 0.717) is 19.1 Å². The van der Waals surface area contributed by atoms with E-state index in [1.54, 1.807) is 0 Å². The van der Waals surface area contributed by atoms with Crippen molar-refractivity contribution >= 4 is 0 Å². The second-order valence-electron chi connectivity index (χ2n) is 7.70. The zero-order valence-electron chi connectivity index (χ0n) is 13.4. The molecule has 122 valence electrons. The molecule has 3 rings (SSSR count). The lowest BCUT2D eigenvalue weighted by molar-refractivity contribution is -0.302. The summed E-state index contributed by atoms with van der Waals surface area (Å²) in [6.45, 7) is 6.11. The van der Waals surface area contributed by atoms with Crippen LogP contribution in [0.3, 0.4) is 0 Å². The van der Waals surface area contributed by atoms with Gasteiger partial charge in [-0.1, -0.05) is 13.8 Å². The maximum Gasteiger partial charge on any atom is 0.174 e. The molecule has 1 aliphatic heterocycles. The second kappa shape index (κ2) is 5.48. The van der Waals surface area contributed by atoms with Gasteiger partial charge in [0, 0.05) is 18.4 Å². The Morgan fingerprint density at radius 1 is 1.10 bits per heavy atom. The van der Waals surface area contributed by atoms with E-state index in [0.717, 1.165) is 44.9 Å². The van der Waals surface area contributed by atoms with Crippen molar-refractivity contribution in [2.45, 2.75) is 70.7 Å². The average molecular weight is 298 g/mol. The van der Waals surface area contributed by atoms with Crippen LogP contribution in [-0.4, -0.2) is 41.9 Å². The molecule has 0 unspecified atom stereocenters. The summed E-state index contributed by atoms with van der Waals surface area (Å²) in [6.07, 6.45) is 6.34. The first-order valence-corrected chi connectivity index (χ1v) is 8.55. The predicted molar refractivity (Wildman–Crippen MR) is 79.8 cm³/mol. The van der Waals surface area contributed by atoms with E-state index < -0.39 is 5.79 Å². The zero-order valence-corrected chi connectivity index (χ0v) is 13.4. The van der Waals surface area contributed by atoms with E-state index in [2.05, 4.69) is 13.8 Å². The molecule has 3 fully saturated rings. The lowest BCUT2D eigenvalue weighted by Crippen LogP contribution is -2.63. The van der Waals surface area contributed by atoms with Gasteiger partial charge in [-0.05, 0) is 49.9 Å². The lowest BCUT2D eigenvalue weighted by Gasteiger charge is -2.62. The largest absolute Gasteiger partial charge is 0.396 e. The molecule has 21 heavy (non-hydrogen) atoms. The van der Waals surface area contributed by atoms with E-state index in [-0.39, 0.29) is 23.5 Å². The zero-order chi connectivity index (χ0) is 15.1. The molecule has 3 aliphatic rings. The molecule has 0 aromatic heterocycles. The van der Waals surface area contributed by atoms with E-state index in [4.69, 9.17) is 9.47 Å². The van der Waals surface area contributed by atoms with Crippen molar-refractivity contribution in [1.82, 2.24) is 0 Å². The minimum absolute atomic E-state index is 0.0226. The van der Waals surface area contributed by atoms with Crippen LogP contribution in [-0.2, 0) is 9.47 Å². The molecular weight excluding hydrogens is 268 g/mol. The molecule has 1 saturated heterocycles. The number of aliphatic hydroxyl groups is 2. The molecule has 2 saturated carbocycles. The Kier molecular flexibility index (Phi) is 4.11. The Morgan fingerprint density at radius 3 is 2.48 bits per heavy atom. The summed E-state index contributed by atoms with van der Waals surface area (Å²) in [5.41, 5.74) is -0.163. The highest BCUT2D eigenvalue weighted by Gasteiger charge is 2.65. The van der Waals surface area contributed by atoms with Crippen molar-refractivity contribution in [2.24, 2.45) is 16.7 Å². The molecule has 0 amide bonds. The fourth-order valence-corrected chi connectivity index (χ4v) is 5.56. The second-order valence-corrected chi connectivity index (χ2v) is 7.70. The molecule has 1 spiro atoms. The van der Waals surface area contributed by atoms with Crippen molar-refractivity contribution in [3.05, 3.63) is 0 Å². The third-order valence-electron chi connectivity index (χ3n) is 6.76. The van der Waals surface area contributed by atoms with Crippen molar-refractivity contribution in [3.63, 3.8) is 0 Å². The number of aliphatic hydroxyl groups excluding tert-OH is 2. The van der Waals surface area contributed by atoms with Gasteiger partial charge in [-0.15, -0.1) is 0 Å². The van der Waals surface area contributed by atoms with Gasteiger partial charge in [0.15, 0.2) is 5.79 Å². The van der Waals surface area contributed by atoms with E-state index in [1.807, 2.05) is 0 Å². The van der Waals surface area contributed by atoms with Gasteiger partial charge >= 0.3 is 0 Å². The third-order valence-corrected chi connectivity index (χ3v) is 6.76. The molecule has 4 atom stereocenters. The molecule has 0 aromatic carbocycles. The van der Waals surface area contributed by atoms with Gasteiger partial charge in [0.25, 0.3) is 0 Å². The van der Waals surface area contributed by atoms with Gasteiger partial charge in [-0.3, -0.25) is 0 Å². The lowest BCUT2D eigenvalue weighted by atomic mass is 9.47. The quantitative estimate of drug-likeness (QED) is 0.840. The van der Waals surface area contributed by atoms with Gasteiger partial charge in [0.2, 0.25) is 0 Å². The van der Waals surface area contributed by atoms with Crippen LogP contribution in [0.2, 0.25) is 0 Å². The predicted octanol–water partition coefficient (Wildman–Crippen LogP) is 2.47. The summed E-state index contributed by atoms with van der Waals surface area (Å²) in [6, 6.07) is 0. The first-order valence-electron chi connectivity index (χ1n) is 8.55. The molecule has 2 N–H and O–H groups in total. The van der Waals surface area contributed by atoms with Gasteiger partial charge < -0.3 is 19.7 Å². The number of hydrogen-bond acceptors (Lipinski definition) is 4. The average Bonchev–Trinajstić information content (AvgIpc) is 2.94. The van der Waals surface area contributed by atoms with Crippen molar-refractivity contribution in [3.8, 4) is 0 Å². The maximum absolute atomic E-state index is 10.7. The highest BCUT2D eigenvalue weighted by molar-refractivity contribution is 5.10. The van der Waals surface area contributed by atoms with Crippen LogP contribution in [0.25, 0.3) is 0 Å². The van der Waals surface area contributed by atoms with E-state index in [9.17, 15) is 10.2 Å². The molecule has 0 bridgehead atoms. The number of hydrogen-bond donors (Lipinski definition) is 2. The topological polar surface area (TPSA) is 58.9 Å². The summed E-state index contributed by atoms with van der Waals surface area (Å²) in [5.74, 6) is -0.0385. The number of rotatable bonds is 3. The van der Waals surface area contributed by atoms with Crippen LogP contribution in [0.4, 0.5) is 0 Å². The first kappa shape index (κ1) is 15.7. The van der Waals surface area contributed by atoms with Crippen LogP contribution in [0.1, 0.15) is 58.8 Å². The van der Waals surface area contributed by atoms with E-state index >= 15 is 0 Å². The Morgan fingerprint density at radius 2 is 1.81 bits per heavy atom. The Balaban J connectivity index is 1.94. The van der Waals surface area contributed by atoms with Crippen LogP contribution < -0.4 is 0 Å². The van der Waals surface area contributed by atoms with Crippen LogP contribution in [0.15, 0.2) is 0 Å². The smallest absolute Gasteiger partial charge is 0.174 e. The van der Waals surface area contributed by atoms with Gasteiger partial charge in [-0.25, -0.2) is 0 Å².